The second-order valence-corrected chi connectivity index (χ2v) is 5.34. The molecule has 0 aromatic carbocycles. The van der Waals surface area contributed by atoms with Gasteiger partial charge in [0.25, 0.3) is 0 Å². The minimum absolute atomic E-state index is 0.0246. The Balaban J connectivity index is 1.85. The number of hydrogen-bond acceptors (Lipinski definition) is 3. The number of hydrogen-bond donors (Lipinski definition) is 2. The van der Waals surface area contributed by atoms with Crippen LogP contribution in [0, 0.1) is 0 Å². The number of nitrogens with zero attached hydrogens (tertiary/aromatic N) is 2. The number of carbonyl (C=O) groups is 2. The first-order valence-electron chi connectivity index (χ1n) is 7.09. The van der Waals surface area contributed by atoms with Crippen molar-refractivity contribution >= 4 is 11.9 Å². The first-order valence-corrected chi connectivity index (χ1v) is 7.09. The van der Waals surface area contributed by atoms with Crippen molar-refractivity contribution < 1.29 is 22.8 Å². The zero-order valence-electron chi connectivity index (χ0n) is 12.4. The van der Waals surface area contributed by atoms with Gasteiger partial charge < -0.3 is 15.5 Å². The van der Waals surface area contributed by atoms with Crippen molar-refractivity contribution in [2.24, 2.45) is 0 Å². The van der Waals surface area contributed by atoms with E-state index in [4.69, 9.17) is 0 Å². The van der Waals surface area contributed by atoms with E-state index in [2.05, 4.69) is 15.6 Å². The predicted molar refractivity (Wildman–Crippen MR) is 75.4 cm³/mol. The second kappa shape index (κ2) is 6.84. The Morgan fingerprint density at radius 3 is 2.70 bits per heavy atom. The fourth-order valence-corrected chi connectivity index (χ4v) is 2.38. The first-order chi connectivity index (χ1) is 10.8. The molecule has 0 unspecified atom stereocenters. The van der Waals surface area contributed by atoms with Crippen molar-refractivity contribution in [1.82, 2.24) is 20.5 Å². The van der Waals surface area contributed by atoms with Gasteiger partial charge in [-0.3, -0.25) is 9.78 Å². The lowest BCUT2D eigenvalue weighted by Crippen LogP contribution is -2.47. The van der Waals surface area contributed by atoms with Crippen LogP contribution in [0.25, 0.3) is 0 Å². The summed E-state index contributed by atoms with van der Waals surface area (Å²) in [4.78, 5) is 28.3. The highest BCUT2D eigenvalue weighted by molar-refractivity contribution is 5.88. The molecular weight excluding hydrogens is 313 g/mol. The van der Waals surface area contributed by atoms with Crippen LogP contribution in [0.4, 0.5) is 18.0 Å². The molecule has 1 saturated heterocycles. The third-order valence-corrected chi connectivity index (χ3v) is 3.53. The molecule has 2 rings (SSSR count). The third-order valence-electron chi connectivity index (χ3n) is 3.53. The lowest BCUT2D eigenvalue weighted by Gasteiger charge is -2.19. The number of nitrogens with one attached hydrogen (secondary N) is 2. The summed E-state index contributed by atoms with van der Waals surface area (Å²) in [6.45, 7) is 0.434. The van der Waals surface area contributed by atoms with Crippen molar-refractivity contribution in [2.45, 2.75) is 31.6 Å². The molecular formula is C14H17F3N4O2. The topological polar surface area (TPSA) is 74.3 Å². The number of carbonyl (C=O) groups excluding carboxylic acids is 2. The summed E-state index contributed by atoms with van der Waals surface area (Å²) in [6, 6.07) is 1.62. The molecule has 0 aliphatic carbocycles. The standard InChI is InChI=1S/C14H17F3N4O2/c1-9(10-2-5-18-6-3-10)19-13(23)20-11-4-7-21(12(11)22)8-14(15,16)17/h2-3,5-6,9,11H,4,7-8H2,1H3,(H2,19,20,23)/t9-,11-/m0/s1. The van der Waals surface area contributed by atoms with Crippen LogP contribution in [0.5, 0.6) is 0 Å². The van der Waals surface area contributed by atoms with Gasteiger partial charge >= 0.3 is 12.2 Å². The maximum absolute atomic E-state index is 12.3. The Hall–Kier alpha value is -2.32. The summed E-state index contributed by atoms with van der Waals surface area (Å²) in [5, 5.41) is 5.06. The van der Waals surface area contributed by atoms with Crippen LogP contribution in [-0.2, 0) is 4.79 Å². The van der Waals surface area contributed by atoms with E-state index in [9.17, 15) is 22.8 Å². The highest BCUT2D eigenvalue weighted by Crippen LogP contribution is 2.21. The highest BCUT2D eigenvalue weighted by atomic mass is 19.4. The van der Waals surface area contributed by atoms with Crippen LogP contribution >= 0.6 is 0 Å². The maximum atomic E-state index is 12.3. The van der Waals surface area contributed by atoms with Gasteiger partial charge in [-0.2, -0.15) is 13.2 Å². The molecule has 1 aromatic rings. The lowest BCUT2D eigenvalue weighted by molar-refractivity contribution is -0.157. The summed E-state index contributed by atoms with van der Waals surface area (Å²) < 4.78 is 37.0. The second-order valence-electron chi connectivity index (χ2n) is 5.34. The van der Waals surface area contributed by atoms with Crippen molar-refractivity contribution in [1.29, 1.82) is 0 Å². The number of alkyl halides is 3. The van der Waals surface area contributed by atoms with E-state index in [-0.39, 0.29) is 19.0 Å². The smallest absolute Gasteiger partial charge is 0.332 e. The maximum Gasteiger partial charge on any atom is 0.406 e. The van der Waals surface area contributed by atoms with E-state index in [1.807, 2.05) is 0 Å². The number of rotatable bonds is 4. The predicted octanol–water partition coefficient (Wildman–Crippen LogP) is 1.60. The summed E-state index contributed by atoms with van der Waals surface area (Å²) in [5.74, 6) is -0.714. The molecule has 1 aromatic heterocycles. The van der Waals surface area contributed by atoms with Crippen LogP contribution in [0.1, 0.15) is 24.9 Å². The number of urea groups is 1. The fraction of sp³-hybridized carbons (Fsp3) is 0.500. The van der Waals surface area contributed by atoms with Crippen LogP contribution in [0.15, 0.2) is 24.5 Å². The average Bonchev–Trinajstić information content (AvgIpc) is 2.79. The Morgan fingerprint density at radius 1 is 1.43 bits per heavy atom. The molecule has 9 heteroatoms. The fourth-order valence-electron chi connectivity index (χ4n) is 2.38. The Bertz CT molecular complexity index is 565. The minimum Gasteiger partial charge on any atom is -0.332 e. The van der Waals surface area contributed by atoms with Crippen LogP contribution < -0.4 is 10.6 Å². The molecule has 0 spiro atoms. The van der Waals surface area contributed by atoms with E-state index in [0.717, 1.165) is 5.56 Å². The number of amides is 3. The monoisotopic (exact) mass is 330 g/mol. The Kier molecular flexibility index (Phi) is 5.07. The van der Waals surface area contributed by atoms with Gasteiger partial charge in [-0.25, -0.2) is 4.79 Å². The summed E-state index contributed by atoms with van der Waals surface area (Å²) in [5.41, 5.74) is 0.826. The van der Waals surface area contributed by atoms with E-state index in [0.29, 0.717) is 4.90 Å². The molecule has 1 fully saturated rings. The number of pyridine rings is 1. The van der Waals surface area contributed by atoms with Gasteiger partial charge in [-0.15, -0.1) is 0 Å². The van der Waals surface area contributed by atoms with Crippen molar-refractivity contribution in [2.75, 3.05) is 13.1 Å². The van der Waals surface area contributed by atoms with Gasteiger partial charge in [0.05, 0.1) is 6.04 Å². The largest absolute Gasteiger partial charge is 0.406 e. The van der Waals surface area contributed by atoms with Crippen LogP contribution in [0.3, 0.4) is 0 Å². The number of halogens is 3. The Labute approximate surface area is 131 Å². The Morgan fingerprint density at radius 2 is 2.09 bits per heavy atom. The van der Waals surface area contributed by atoms with Crippen molar-refractivity contribution in [3.05, 3.63) is 30.1 Å². The molecule has 0 saturated carbocycles. The molecule has 2 atom stereocenters. The average molecular weight is 330 g/mol. The van der Waals surface area contributed by atoms with Gasteiger partial charge in [0.1, 0.15) is 12.6 Å². The minimum atomic E-state index is -4.44. The van der Waals surface area contributed by atoms with Gasteiger partial charge in [0.15, 0.2) is 0 Å². The molecule has 126 valence electrons. The summed E-state index contributed by atoms with van der Waals surface area (Å²) in [6.07, 6.45) is -1.11. The van der Waals surface area contributed by atoms with E-state index < -0.39 is 30.7 Å². The summed E-state index contributed by atoms with van der Waals surface area (Å²) in [7, 11) is 0. The molecule has 23 heavy (non-hydrogen) atoms. The zero-order valence-corrected chi connectivity index (χ0v) is 12.4. The molecule has 2 heterocycles. The zero-order chi connectivity index (χ0) is 17.0. The lowest BCUT2D eigenvalue weighted by atomic mass is 10.1. The van der Waals surface area contributed by atoms with Crippen molar-refractivity contribution in [3.8, 4) is 0 Å². The first kappa shape index (κ1) is 17.0. The molecule has 0 radical (unpaired) electrons. The van der Waals surface area contributed by atoms with Crippen molar-refractivity contribution in [3.63, 3.8) is 0 Å². The third kappa shape index (κ3) is 4.83. The number of aromatic nitrogens is 1. The number of likely N-dealkylation sites (tertiary alicyclic amines) is 1. The van der Waals surface area contributed by atoms with Gasteiger partial charge in [-0.05, 0) is 31.0 Å². The van der Waals surface area contributed by atoms with Gasteiger partial charge in [0, 0.05) is 18.9 Å². The van der Waals surface area contributed by atoms with Gasteiger partial charge in [0.2, 0.25) is 5.91 Å². The normalized spacial score (nSPS) is 19.6. The molecule has 3 amide bonds. The van der Waals surface area contributed by atoms with E-state index in [1.54, 1.807) is 31.5 Å². The molecule has 0 bridgehead atoms. The molecule has 6 nitrogen and oxygen atoms in total. The quantitative estimate of drug-likeness (QED) is 0.881. The highest BCUT2D eigenvalue weighted by Gasteiger charge is 2.39. The molecule has 1 aliphatic heterocycles. The molecule has 2 N–H and O–H groups in total. The van der Waals surface area contributed by atoms with Crippen LogP contribution in [-0.4, -0.2) is 47.1 Å². The summed E-state index contributed by atoms with van der Waals surface area (Å²) >= 11 is 0. The SMILES string of the molecule is C[C@H](NC(=O)N[C@H]1CCN(CC(F)(F)F)C1=O)c1ccncc1. The molecule has 1 aliphatic rings. The van der Waals surface area contributed by atoms with Crippen LogP contribution in [0.2, 0.25) is 0 Å². The van der Waals surface area contributed by atoms with Gasteiger partial charge in [-0.1, -0.05) is 0 Å². The van der Waals surface area contributed by atoms with E-state index >= 15 is 0 Å². The van der Waals surface area contributed by atoms with E-state index in [1.165, 1.54) is 0 Å².